The quantitative estimate of drug-likeness (QED) is 0.850. The molecule has 1 aromatic rings. The van der Waals surface area contributed by atoms with Gasteiger partial charge < -0.3 is 10.3 Å². The Morgan fingerprint density at radius 3 is 2.75 bits per heavy atom. The van der Waals surface area contributed by atoms with Gasteiger partial charge in [-0.2, -0.15) is 0 Å². The van der Waals surface area contributed by atoms with Crippen molar-refractivity contribution in [1.82, 2.24) is 5.16 Å². The van der Waals surface area contributed by atoms with Crippen LogP contribution in [-0.4, -0.2) is 5.16 Å². The third kappa shape index (κ3) is 2.57. The van der Waals surface area contributed by atoms with Crippen LogP contribution >= 0.6 is 0 Å². The van der Waals surface area contributed by atoms with E-state index in [-0.39, 0.29) is 0 Å². The maximum absolute atomic E-state index is 5.76. The molecule has 3 heteroatoms. The molecule has 90 valence electrons. The van der Waals surface area contributed by atoms with Crippen molar-refractivity contribution in [2.24, 2.45) is 5.92 Å². The monoisotopic (exact) mass is 222 g/mol. The molecule has 0 atom stereocenters. The molecular formula is C13H22N2O. The predicted molar refractivity (Wildman–Crippen MR) is 65.2 cm³/mol. The minimum Gasteiger partial charge on any atom is -0.381 e. The van der Waals surface area contributed by atoms with Gasteiger partial charge in [-0.3, -0.25) is 0 Å². The van der Waals surface area contributed by atoms with Crippen molar-refractivity contribution in [1.29, 1.82) is 0 Å². The van der Waals surface area contributed by atoms with Gasteiger partial charge in [-0.25, -0.2) is 0 Å². The summed E-state index contributed by atoms with van der Waals surface area (Å²) < 4.78 is 5.30. The molecule has 0 radical (unpaired) electrons. The average Bonchev–Trinajstić information content (AvgIpc) is 2.68. The Labute approximate surface area is 97.4 Å². The van der Waals surface area contributed by atoms with Crippen LogP contribution in [0.5, 0.6) is 0 Å². The zero-order chi connectivity index (χ0) is 11.4. The van der Waals surface area contributed by atoms with E-state index < -0.39 is 0 Å². The molecule has 0 spiro atoms. The number of rotatable bonds is 4. The highest BCUT2D eigenvalue weighted by Gasteiger charge is 2.17. The summed E-state index contributed by atoms with van der Waals surface area (Å²) in [6, 6.07) is 0. The summed E-state index contributed by atoms with van der Waals surface area (Å²) in [4.78, 5) is 0. The van der Waals surface area contributed by atoms with Gasteiger partial charge in [0.15, 0.2) is 5.82 Å². The van der Waals surface area contributed by atoms with E-state index in [0.717, 1.165) is 30.1 Å². The Kier molecular flexibility index (Phi) is 3.86. The van der Waals surface area contributed by atoms with Crippen LogP contribution in [0.4, 0.5) is 5.82 Å². The smallest absolute Gasteiger partial charge is 0.170 e. The van der Waals surface area contributed by atoms with Gasteiger partial charge in [0.1, 0.15) is 5.76 Å². The molecule has 3 nitrogen and oxygen atoms in total. The molecule has 1 saturated carbocycles. The molecule has 0 saturated heterocycles. The number of hydrogen-bond donors (Lipinski definition) is 1. The van der Waals surface area contributed by atoms with E-state index in [1.165, 1.54) is 38.5 Å². The molecular weight excluding hydrogens is 200 g/mol. The van der Waals surface area contributed by atoms with Crippen LogP contribution in [-0.2, 0) is 12.8 Å². The number of anilines is 1. The first kappa shape index (κ1) is 11.5. The molecule has 0 amide bonds. The van der Waals surface area contributed by atoms with Crippen LogP contribution < -0.4 is 5.73 Å². The fourth-order valence-corrected chi connectivity index (χ4v) is 2.74. The number of hydrogen-bond acceptors (Lipinski definition) is 3. The van der Waals surface area contributed by atoms with Crippen molar-refractivity contribution in [3.63, 3.8) is 0 Å². The topological polar surface area (TPSA) is 52.0 Å². The van der Waals surface area contributed by atoms with E-state index in [9.17, 15) is 0 Å². The second kappa shape index (κ2) is 5.37. The summed E-state index contributed by atoms with van der Waals surface area (Å²) in [6.45, 7) is 2.10. The van der Waals surface area contributed by atoms with Crippen LogP contribution in [0, 0.1) is 5.92 Å². The minimum atomic E-state index is 0.584. The third-order valence-corrected chi connectivity index (χ3v) is 3.76. The first-order chi connectivity index (χ1) is 7.81. The minimum absolute atomic E-state index is 0.584. The van der Waals surface area contributed by atoms with Crippen molar-refractivity contribution in [3.05, 3.63) is 11.3 Å². The number of aromatic nitrogens is 1. The maximum Gasteiger partial charge on any atom is 0.170 e. The van der Waals surface area contributed by atoms with E-state index in [1.807, 2.05) is 0 Å². The third-order valence-electron chi connectivity index (χ3n) is 3.76. The van der Waals surface area contributed by atoms with E-state index in [0.29, 0.717) is 5.82 Å². The highest BCUT2D eigenvalue weighted by Crippen LogP contribution is 2.28. The van der Waals surface area contributed by atoms with Crippen molar-refractivity contribution >= 4 is 5.82 Å². The molecule has 1 aromatic heterocycles. The van der Waals surface area contributed by atoms with Crippen LogP contribution in [0.2, 0.25) is 0 Å². The predicted octanol–water partition coefficient (Wildman–Crippen LogP) is 3.33. The average molecular weight is 222 g/mol. The molecule has 2 N–H and O–H groups in total. The maximum atomic E-state index is 5.76. The Balaban J connectivity index is 1.88. The number of nitrogen functional groups attached to an aromatic ring is 1. The zero-order valence-electron chi connectivity index (χ0n) is 10.2. The summed E-state index contributed by atoms with van der Waals surface area (Å²) in [5.41, 5.74) is 6.88. The first-order valence-electron chi connectivity index (χ1n) is 6.54. The second-order valence-corrected chi connectivity index (χ2v) is 4.87. The van der Waals surface area contributed by atoms with Gasteiger partial charge in [0.05, 0.1) is 0 Å². The van der Waals surface area contributed by atoms with E-state index in [1.54, 1.807) is 0 Å². The van der Waals surface area contributed by atoms with E-state index in [4.69, 9.17) is 10.3 Å². The zero-order valence-corrected chi connectivity index (χ0v) is 10.2. The summed E-state index contributed by atoms with van der Waals surface area (Å²) in [6.07, 6.45) is 10.2. The SMILES string of the molecule is CCc1c(N)noc1CCC1CCCCC1. The second-order valence-electron chi connectivity index (χ2n) is 4.87. The van der Waals surface area contributed by atoms with Gasteiger partial charge in [0.25, 0.3) is 0 Å². The van der Waals surface area contributed by atoms with Gasteiger partial charge in [-0.1, -0.05) is 44.2 Å². The molecule has 1 aliphatic carbocycles. The van der Waals surface area contributed by atoms with E-state index >= 15 is 0 Å². The number of nitrogens with two attached hydrogens (primary N) is 1. The highest BCUT2D eigenvalue weighted by molar-refractivity contribution is 5.40. The summed E-state index contributed by atoms with van der Waals surface area (Å²) >= 11 is 0. The van der Waals surface area contributed by atoms with Crippen molar-refractivity contribution < 1.29 is 4.52 Å². The van der Waals surface area contributed by atoms with Crippen molar-refractivity contribution in [2.45, 2.75) is 58.3 Å². The summed E-state index contributed by atoms with van der Waals surface area (Å²) in [5, 5.41) is 3.85. The summed E-state index contributed by atoms with van der Waals surface area (Å²) in [7, 11) is 0. The van der Waals surface area contributed by atoms with Gasteiger partial charge in [0.2, 0.25) is 0 Å². The molecule has 0 bridgehead atoms. The lowest BCUT2D eigenvalue weighted by Gasteiger charge is -2.20. The lowest BCUT2D eigenvalue weighted by atomic mass is 9.85. The fourth-order valence-electron chi connectivity index (χ4n) is 2.74. The Bertz CT molecular complexity index is 327. The Morgan fingerprint density at radius 1 is 1.31 bits per heavy atom. The summed E-state index contributed by atoms with van der Waals surface area (Å²) in [5.74, 6) is 2.50. The van der Waals surface area contributed by atoms with Crippen molar-refractivity contribution in [3.8, 4) is 0 Å². The first-order valence-corrected chi connectivity index (χ1v) is 6.54. The Morgan fingerprint density at radius 2 is 2.06 bits per heavy atom. The highest BCUT2D eigenvalue weighted by atomic mass is 16.5. The molecule has 0 aromatic carbocycles. The molecule has 2 rings (SSSR count). The van der Waals surface area contributed by atoms with Gasteiger partial charge in [0, 0.05) is 12.0 Å². The number of nitrogens with zero attached hydrogens (tertiary/aromatic N) is 1. The Hall–Kier alpha value is -0.990. The standard InChI is InChI=1S/C13H22N2O/c1-2-11-12(16-15-13(11)14)9-8-10-6-4-3-5-7-10/h10H,2-9H2,1H3,(H2,14,15). The lowest BCUT2D eigenvalue weighted by molar-refractivity contribution is 0.317. The van der Waals surface area contributed by atoms with Crippen LogP contribution in [0.25, 0.3) is 0 Å². The van der Waals surface area contributed by atoms with Crippen LogP contribution in [0.3, 0.4) is 0 Å². The molecule has 0 unspecified atom stereocenters. The van der Waals surface area contributed by atoms with Gasteiger partial charge >= 0.3 is 0 Å². The van der Waals surface area contributed by atoms with Gasteiger partial charge in [-0.15, -0.1) is 0 Å². The normalized spacial score (nSPS) is 17.8. The van der Waals surface area contributed by atoms with E-state index in [2.05, 4.69) is 12.1 Å². The molecule has 16 heavy (non-hydrogen) atoms. The van der Waals surface area contributed by atoms with Gasteiger partial charge in [-0.05, 0) is 18.8 Å². The van der Waals surface area contributed by atoms with Crippen LogP contribution in [0.15, 0.2) is 4.52 Å². The molecule has 0 aliphatic heterocycles. The molecule has 1 heterocycles. The lowest BCUT2D eigenvalue weighted by Crippen LogP contribution is -2.07. The fraction of sp³-hybridized carbons (Fsp3) is 0.769. The number of aryl methyl sites for hydroxylation is 1. The molecule has 1 fully saturated rings. The van der Waals surface area contributed by atoms with Crippen molar-refractivity contribution in [2.75, 3.05) is 5.73 Å². The molecule has 1 aliphatic rings. The largest absolute Gasteiger partial charge is 0.381 e. The van der Waals surface area contributed by atoms with Crippen LogP contribution in [0.1, 0.15) is 56.8 Å².